The molecule has 7 unspecified atom stereocenters. The number of carbonyl (C=O) groups excluding carboxylic acids is 1. The number of morpholine rings is 4. The molecule has 0 radical (unpaired) electrons. The Labute approximate surface area is 856 Å². The molecule has 1 amide bonds. The summed E-state index contributed by atoms with van der Waals surface area (Å²) < 4.78 is 65.1. The maximum atomic E-state index is 11.0. The van der Waals surface area contributed by atoms with Gasteiger partial charge in [0.25, 0.3) is 0 Å². The summed E-state index contributed by atoms with van der Waals surface area (Å²) in [5.74, 6) is 6.08. The minimum absolute atomic E-state index is 0.207. The van der Waals surface area contributed by atoms with Crippen LogP contribution in [0, 0.1) is 23.7 Å². The maximum absolute atomic E-state index is 11.0. The van der Waals surface area contributed by atoms with Crippen molar-refractivity contribution in [2.75, 3.05) is 221 Å². The van der Waals surface area contributed by atoms with E-state index in [1.807, 2.05) is 4.90 Å². The first kappa shape index (κ1) is 126. The van der Waals surface area contributed by atoms with Crippen molar-refractivity contribution in [1.82, 2.24) is 58.8 Å². The Morgan fingerprint density at radius 1 is 0.360 bits per heavy atom. The summed E-state index contributed by atoms with van der Waals surface area (Å²) in [5, 5.41) is 0. The maximum Gasteiger partial charge on any atom is 0.219 e. The Morgan fingerprint density at radius 3 is 1.14 bits per heavy atom. The molecule has 24 heteroatoms. The molecule has 16 rings (SSSR count). The fourth-order valence-electron chi connectivity index (χ4n) is 20.8. The SMILES string of the molecule is CC(=O)N1CCN(C(C)C)CC1.CC(C)C1=CCOCC1.CC(C)C1CCOCC1.CC(C)N1CCCCC1C.CC(C)N1CCCCC1c1ccccc1.CC(C)N1CCN(C)CC1c1ccccc1.CC(C)N1CCOCC1C.CC(C)N1CCOCC1C.CC(C)N1CCOCC1C1CC1.CC(C)N1CCOCC1c1ccccc1.CC(C)N1CCS(=O)(=O)CC1.CC(C)N1CCS(=O)CC1. The molecule has 3 aromatic rings. The van der Waals surface area contributed by atoms with Crippen molar-refractivity contribution in [2.24, 2.45) is 23.7 Å². The summed E-state index contributed by atoms with van der Waals surface area (Å²) in [6.07, 6.45) is 17.0. The molecule has 12 fully saturated rings. The minimum Gasteiger partial charge on any atom is -0.381 e. The first-order valence-corrected chi connectivity index (χ1v) is 58.8. The lowest BCUT2D eigenvalue weighted by molar-refractivity contribution is -0.130. The summed E-state index contributed by atoms with van der Waals surface area (Å²) >= 11 is 0. The number of benzene rings is 3. The van der Waals surface area contributed by atoms with E-state index in [1.165, 1.54) is 107 Å². The fourth-order valence-corrected chi connectivity index (χ4v) is 23.1. The zero-order valence-electron chi connectivity index (χ0n) is 94.2. The van der Waals surface area contributed by atoms with Gasteiger partial charge in [-0.1, -0.05) is 143 Å². The largest absolute Gasteiger partial charge is 0.381 e. The lowest BCUT2D eigenvalue weighted by atomic mass is 9.89. The summed E-state index contributed by atoms with van der Waals surface area (Å²) in [6, 6.07) is 43.2. The standard InChI is InChI=1S/C14H22N2.C14H21N.C13H19NO.C10H19NO.C9H18N2O.C9H19N.2C8H17NO.C8H16O.C8H14O.C7H15NO2S.C7H15NOS/c1-12(2)16-10-9-15(3)11-14(16)13-7-5-4-6-8-13;1-12(2)15-11-7-6-10-14(15)13-8-4-3-5-9-13;1-11(2)14-8-9-15-10-13(14)12-6-4-3-5-7-12;1-8(2)11-5-6-12-7-10(11)9-3-4-9;1-8(2)10-4-6-11(7-5-10)9(3)12;1-8(2)10-7-5-4-6-9(10)3;2*1-7(2)9-4-5-10-6-8(9)3;2*1-7(2)8-3-5-9-6-4-8;1-7(2)8-3-5-11(9,10)6-4-8;1-7(2)8-3-5-10(9)6-4-8/h4-8,12,14H,9-11H2,1-3H3;3-5,8-9,12,14H,6-7,10-11H2,1-2H3;3-7,11,13H,8-10H2,1-2H3;8-10H,3-7H2,1-2H3;8H,4-7H2,1-3H3;8-9H,4-7H2,1-3H3;2*7-8H,4-6H2,1-3H3;7-8H,3-6H2,1-2H3;3,7H,4-6H2,1-2H3;7H,3-6H2,1-2H3;7H,3-6H2,1-2H3. The van der Waals surface area contributed by atoms with E-state index in [0.29, 0.717) is 115 Å². The molecule has 1 aliphatic carbocycles. The van der Waals surface area contributed by atoms with Gasteiger partial charge in [0.2, 0.25) is 5.91 Å². The number of amides is 1. The second-order valence-corrected chi connectivity index (χ2v) is 48.5. The third-order valence-electron chi connectivity index (χ3n) is 30.1. The highest BCUT2D eigenvalue weighted by molar-refractivity contribution is 7.91. The van der Waals surface area contributed by atoms with E-state index in [0.717, 1.165) is 205 Å². The number of piperidine rings is 2. The lowest BCUT2D eigenvalue weighted by Gasteiger charge is -2.42. The van der Waals surface area contributed by atoms with Crippen LogP contribution in [0.25, 0.3) is 0 Å². The van der Waals surface area contributed by atoms with Crippen LogP contribution in [0.4, 0.5) is 0 Å². The summed E-state index contributed by atoms with van der Waals surface area (Å²) in [6.45, 7) is 91.0. The highest BCUT2D eigenvalue weighted by Crippen LogP contribution is 2.38. The van der Waals surface area contributed by atoms with Crippen molar-refractivity contribution in [3.05, 3.63) is 119 Å². The molecule has 1 saturated carbocycles. The molecule has 0 spiro atoms. The van der Waals surface area contributed by atoms with Gasteiger partial charge in [0.1, 0.15) is 0 Å². The van der Waals surface area contributed by atoms with E-state index in [2.05, 4.69) is 345 Å². The monoisotopic (exact) mass is 1990 g/mol. The minimum atomic E-state index is -2.69. The van der Waals surface area contributed by atoms with E-state index in [4.69, 9.17) is 28.4 Å². The van der Waals surface area contributed by atoms with Gasteiger partial charge in [0.05, 0.1) is 83.6 Å². The van der Waals surface area contributed by atoms with Gasteiger partial charge in [0.15, 0.2) is 9.84 Å². The first-order valence-electron chi connectivity index (χ1n) is 55.4. The second-order valence-electron chi connectivity index (χ2n) is 44.5. The molecule has 12 heterocycles. The van der Waals surface area contributed by atoms with Gasteiger partial charge in [-0.15, -0.1) is 0 Å². The number of hydrogen-bond donors (Lipinski definition) is 0. The molecule has 3 aromatic carbocycles. The van der Waals surface area contributed by atoms with Gasteiger partial charge in [0, 0.05) is 237 Å². The summed E-state index contributed by atoms with van der Waals surface area (Å²) in [7, 11) is -0.994. The first-order chi connectivity index (χ1) is 66.1. The Kier molecular flexibility index (Phi) is 62.9. The molecule has 0 aromatic heterocycles. The normalized spacial score (nSPS) is 25.2. The number of likely N-dealkylation sites (tertiary alicyclic amines) is 2. The van der Waals surface area contributed by atoms with Crippen LogP contribution < -0.4 is 0 Å². The number of sulfone groups is 1. The van der Waals surface area contributed by atoms with Crippen molar-refractivity contribution >= 4 is 26.5 Å². The molecule has 0 bridgehead atoms. The Bertz CT molecular complexity index is 3600. The Balaban J connectivity index is 0.000000269. The van der Waals surface area contributed by atoms with Gasteiger partial charge in [-0.05, 0) is 278 Å². The number of carbonyl (C=O) groups is 1. The molecule has 22 nitrogen and oxygen atoms in total. The molecule has 0 N–H and O–H groups in total. The number of piperazine rings is 2. The third-order valence-corrected chi connectivity index (χ3v) is 33.0. The van der Waals surface area contributed by atoms with Crippen LogP contribution in [0.15, 0.2) is 103 Å². The number of likely N-dealkylation sites (N-methyl/N-ethyl adjacent to an activating group) is 1. The average Bonchev–Trinajstić information content (AvgIpc) is 1.79. The van der Waals surface area contributed by atoms with Crippen molar-refractivity contribution in [2.45, 2.75) is 367 Å². The van der Waals surface area contributed by atoms with E-state index in [1.54, 1.807) is 12.5 Å². The molecular weight excluding hydrogens is 1770 g/mol. The van der Waals surface area contributed by atoms with Crippen LogP contribution in [0.2, 0.25) is 0 Å². The lowest BCUT2D eigenvalue weighted by Crippen LogP contribution is -2.50. The quantitative estimate of drug-likeness (QED) is 0.124. The zero-order valence-corrected chi connectivity index (χ0v) is 95.9. The van der Waals surface area contributed by atoms with Gasteiger partial charge >= 0.3 is 0 Å². The van der Waals surface area contributed by atoms with Crippen molar-refractivity contribution in [3.63, 3.8) is 0 Å². The fraction of sp³-hybridized carbons (Fsp3) is 0.817. The second kappa shape index (κ2) is 69.5. The van der Waals surface area contributed by atoms with Crippen molar-refractivity contribution in [3.8, 4) is 0 Å². The van der Waals surface area contributed by atoms with Crippen molar-refractivity contribution in [1.29, 1.82) is 0 Å². The smallest absolute Gasteiger partial charge is 0.219 e. The van der Waals surface area contributed by atoms with Crippen LogP contribution in [0.1, 0.15) is 299 Å². The molecule has 7 atom stereocenters. The van der Waals surface area contributed by atoms with Gasteiger partial charge < -0.3 is 38.2 Å². The number of rotatable bonds is 16. The van der Waals surface area contributed by atoms with Crippen LogP contribution in [0.5, 0.6) is 0 Å². The molecule has 804 valence electrons. The molecule has 12 aliphatic heterocycles. The van der Waals surface area contributed by atoms with Crippen LogP contribution >= 0.6 is 0 Å². The van der Waals surface area contributed by atoms with E-state index < -0.39 is 20.6 Å². The molecule has 13 aliphatic rings. The van der Waals surface area contributed by atoms with Gasteiger partial charge in [-0.2, -0.15) is 0 Å². The van der Waals surface area contributed by atoms with E-state index in [-0.39, 0.29) is 5.91 Å². The van der Waals surface area contributed by atoms with E-state index >= 15 is 0 Å². The highest BCUT2D eigenvalue weighted by atomic mass is 32.2. The van der Waals surface area contributed by atoms with Crippen LogP contribution in [-0.4, -0.2) is 383 Å². The van der Waals surface area contributed by atoms with Gasteiger partial charge in [-0.25, -0.2) is 8.42 Å². The number of hydrogen-bond acceptors (Lipinski definition) is 21. The topological polar surface area (TPSA) is 163 Å². The average molecular weight is 1990 g/mol. The predicted octanol–water partition coefficient (Wildman–Crippen LogP) is 19.7. The Morgan fingerprint density at radius 2 is 0.755 bits per heavy atom. The van der Waals surface area contributed by atoms with Crippen LogP contribution in [-0.2, 0) is 53.9 Å². The molecular formula is C115H212N12O10S2. The molecule has 139 heavy (non-hydrogen) atoms. The van der Waals surface area contributed by atoms with Crippen molar-refractivity contribution < 1.29 is 45.8 Å². The Hall–Kier alpha value is -3.71. The summed E-state index contributed by atoms with van der Waals surface area (Å²) in [5.41, 5.74) is 5.86. The molecule has 11 saturated heterocycles. The highest BCUT2D eigenvalue weighted by Gasteiger charge is 2.39. The summed E-state index contributed by atoms with van der Waals surface area (Å²) in [4.78, 5) is 40.2. The number of nitrogens with zero attached hydrogens (tertiary/aromatic N) is 12. The van der Waals surface area contributed by atoms with Crippen LogP contribution in [0.3, 0.4) is 0 Å². The zero-order chi connectivity index (χ0) is 103. The predicted molar refractivity (Wildman–Crippen MR) is 589 cm³/mol. The number of ether oxygens (including phenoxy) is 6. The third kappa shape index (κ3) is 49.3. The van der Waals surface area contributed by atoms with Gasteiger partial charge in [-0.3, -0.25) is 58.0 Å². The van der Waals surface area contributed by atoms with E-state index in [9.17, 15) is 17.4 Å².